The second-order valence-electron chi connectivity index (χ2n) is 4.93. The average molecular weight is 291 g/mol. The van der Waals surface area contributed by atoms with Crippen LogP contribution in [0.5, 0.6) is 0 Å². The van der Waals surface area contributed by atoms with Crippen LogP contribution in [0.15, 0.2) is 24.3 Å². The van der Waals surface area contributed by atoms with Crippen LogP contribution in [-0.2, 0) is 4.74 Å². The van der Waals surface area contributed by atoms with Crippen LogP contribution in [0.2, 0.25) is 0 Å². The van der Waals surface area contributed by atoms with E-state index in [0.717, 1.165) is 6.42 Å². The summed E-state index contributed by atoms with van der Waals surface area (Å²) in [7, 11) is 1.58. The van der Waals surface area contributed by atoms with Crippen LogP contribution in [0.1, 0.15) is 23.7 Å². The number of rotatable bonds is 3. The number of nitrogens with one attached hydrogen (secondary N) is 2. The normalized spacial score (nSPS) is 18.2. The van der Waals surface area contributed by atoms with Gasteiger partial charge >= 0.3 is 6.03 Å². The van der Waals surface area contributed by atoms with Gasteiger partial charge in [0.05, 0.1) is 12.7 Å². The Bertz CT molecular complexity index is 501. The molecule has 21 heavy (non-hydrogen) atoms. The summed E-state index contributed by atoms with van der Waals surface area (Å²) in [6, 6.07) is 6.68. The molecule has 6 heteroatoms. The van der Waals surface area contributed by atoms with E-state index in [-0.39, 0.29) is 18.0 Å². The molecule has 0 aliphatic carbocycles. The van der Waals surface area contributed by atoms with E-state index < -0.39 is 0 Å². The molecule has 1 aliphatic heterocycles. The monoisotopic (exact) mass is 291 g/mol. The maximum atomic E-state index is 12.2. The topological polar surface area (TPSA) is 70.7 Å². The van der Waals surface area contributed by atoms with Gasteiger partial charge in [0.15, 0.2) is 0 Å². The van der Waals surface area contributed by atoms with E-state index in [2.05, 4.69) is 10.6 Å². The van der Waals surface area contributed by atoms with Crippen molar-refractivity contribution in [2.45, 2.75) is 19.4 Å². The van der Waals surface area contributed by atoms with E-state index in [0.29, 0.717) is 30.9 Å². The molecular weight excluding hydrogens is 270 g/mol. The summed E-state index contributed by atoms with van der Waals surface area (Å²) < 4.78 is 5.55. The highest BCUT2D eigenvalue weighted by atomic mass is 16.5. The highest BCUT2D eigenvalue weighted by molar-refractivity contribution is 5.95. The summed E-state index contributed by atoms with van der Waals surface area (Å²) in [5, 5.41) is 5.40. The molecule has 1 heterocycles. The number of hydrogen-bond acceptors (Lipinski definition) is 3. The van der Waals surface area contributed by atoms with Crippen molar-refractivity contribution < 1.29 is 14.3 Å². The summed E-state index contributed by atoms with van der Waals surface area (Å²) in [5.74, 6) is -0.146. The lowest BCUT2D eigenvalue weighted by Gasteiger charge is -2.32. The smallest absolute Gasteiger partial charge is 0.322 e. The van der Waals surface area contributed by atoms with E-state index in [1.54, 1.807) is 36.2 Å². The first-order valence-electron chi connectivity index (χ1n) is 7.13. The van der Waals surface area contributed by atoms with Crippen molar-refractivity contribution in [3.8, 4) is 0 Å². The van der Waals surface area contributed by atoms with Crippen molar-refractivity contribution in [2.75, 3.05) is 32.1 Å². The van der Waals surface area contributed by atoms with Gasteiger partial charge in [-0.1, -0.05) is 6.92 Å². The number of morpholine rings is 1. The van der Waals surface area contributed by atoms with Crippen LogP contribution < -0.4 is 10.6 Å². The van der Waals surface area contributed by atoms with Crippen LogP contribution in [0.4, 0.5) is 10.5 Å². The fourth-order valence-electron chi connectivity index (χ4n) is 2.20. The molecule has 1 aliphatic rings. The van der Waals surface area contributed by atoms with E-state index in [9.17, 15) is 9.59 Å². The lowest BCUT2D eigenvalue weighted by Crippen LogP contribution is -2.47. The Balaban J connectivity index is 1.94. The first-order chi connectivity index (χ1) is 10.1. The molecular formula is C15H21N3O3. The number of nitrogens with zero attached hydrogens (tertiary/aromatic N) is 1. The van der Waals surface area contributed by atoms with Gasteiger partial charge in [0, 0.05) is 31.4 Å². The van der Waals surface area contributed by atoms with E-state index in [4.69, 9.17) is 4.74 Å². The second kappa shape index (κ2) is 7.08. The van der Waals surface area contributed by atoms with Gasteiger partial charge in [-0.25, -0.2) is 4.79 Å². The number of benzene rings is 1. The molecule has 0 spiro atoms. The quantitative estimate of drug-likeness (QED) is 0.890. The van der Waals surface area contributed by atoms with Crippen molar-refractivity contribution in [1.82, 2.24) is 10.2 Å². The molecule has 2 N–H and O–H groups in total. The number of ether oxygens (including phenoxy) is 1. The zero-order chi connectivity index (χ0) is 15.2. The van der Waals surface area contributed by atoms with Gasteiger partial charge in [-0.3, -0.25) is 4.79 Å². The highest BCUT2D eigenvalue weighted by Gasteiger charge is 2.23. The minimum absolute atomic E-state index is 0.111. The highest BCUT2D eigenvalue weighted by Crippen LogP contribution is 2.13. The number of carbonyl (C=O) groups is 2. The molecule has 114 valence electrons. The van der Waals surface area contributed by atoms with Crippen molar-refractivity contribution >= 4 is 17.6 Å². The van der Waals surface area contributed by atoms with Gasteiger partial charge in [-0.05, 0) is 30.7 Å². The third kappa shape index (κ3) is 3.95. The van der Waals surface area contributed by atoms with Crippen molar-refractivity contribution in [3.63, 3.8) is 0 Å². The van der Waals surface area contributed by atoms with Gasteiger partial charge in [0.2, 0.25) is 0 Å². The Hall–Kier alpha value is -2.08. The number of carbonyl (C=O) groups excluding carboxylic acids is 2. The minimum Gasteiger partial charge on any atom is -0.375 e. The van der Waals surface area contributed by atoms with Gasteiger partial charge < -0.3 is 20.3 Å². The number of urea groups is 1. The maximum Gasteiger partial charge on any atom is 0.322 e. The molecule has 0 aromatic heterocycles. The minimum atomic E-state index is -0.146. The summed E-state index contributed by atoms with van der Waals surface area (Å²) in [5.41, 5.74) is 1.24. The summed E-state index contributed by atoms with van der Waals surface area (Å²) in [4.78, 5) is 25.4. The summed E-state index contributed by atoms with van der Waals surface area (Å²) >= 11 is 0. The van der Waals surface area contributed by atoms with E-state index in [1.807, 2.05) is 6.92 Å². The molecule has 1 unspecified atom stereocenters. The van der Waals surface area contributed by atoms with Crippen LogP contribution in [0.3, 0.4) is 0 Å². The van der Waals surface area contributed by atoms with Crippen LogP contribution >= 0.6 is 0 Å². The Kier molecular flexibility index (Phi) is 5.16. The van der Waals surface area contributed by atoms with Gasteiger partial charge in [0.1, 0.15) is 0 Å². The lowest BCUT2D eigenvalue weighted by molar-refractivity contribution is -0.0134. The molecule has 0 radical (unpaired) electrons. The van der Waals surface area contributed by atoms with E-state index in [1.165, 1.54) is 0 Å². The fourth-order valence-corrected chi connectivity index (χ4v) is 2.20. The van der Waals surface area contributed by atoms with E-state index >= 15 is 0 Å². The Labute approximate surface area is 124 Å². The molecule has 1 aromatic rings. The first-order valence-corrected chi connectivity index (χ1v) is 7.13. The largest absolute Gasteiger partial charge is 0.375 e. The molecule has 1 saturated heterocycles. The second-order valence-corrected chi connectivity index (χ2v) is 4.93. The fraction of sp³-hybridized carbons (Fsp3) is 0.467. The van der Waals surface area contributed by atoms with Gasteiger partial charge in [-0.15, -0.1) is 0 Å². The van der Waals surface area contributed by atoms with Gasteiger partial charge in [-0.2, -0.15) is 0 Å². The molecule has 0 saturated carbocycles. The predicted molar refractivity (Wildman–Crippen MR) is 80.5 cm³/mol. The number of hydrogen-bond donors (Lipinski definition) is 2. The molecule has 6 nitrogen and oxygen atoms in total. The summed E-state index contributed by atoms with van der Waals surface area (Å²) in [6.07, 6.45) is 1.00. The molecule has 1 aromatic carbocycles. The van der Waals surface area contributed by atoms with Crippen molar-refractivity contribution in [3.05, 3.63) is 29.8 Å². The lowest BCUT2D eigenvalue weighted by atomic mass is 10.2. The average Bonchev–Trinajstić information content (AvgIpc) is 2.54. The van der Waals surface area contributed by atoms with Crippen LogP contribution in [0.25, 0.3) is 0 Å². The zero-order valence-corrected chi connectivity index (χ0v) is 12.4. The number of amides is 3. The molecule has 2 rings (SSSR count). The van der Waals surface area contributed by atoms with Gasteiger partial charge in [0.25, 0.3) is 5.91 Å². The number of anilines is 1. The third-order valence-corrected chi connectivity index (χ3v) is 3.51. The third-order valence-electron chi connectivity index (χ3n) is 3.51. The van der Waals surface area contributed by atoms with Crippen molar-refractivity contribution in [1.29, 1.82) is 0 Å². The standard InChI is InChI=1S/C15H21N3O3/c1-3-13-10-18(8-9-21-13)15(20)17-12-6-4-11(5-7-12)14(19)16-2/h4-7,13H,3,8-10H2,1-2H3,(H,16,19)(H,17,20). The zero-order valence-electron chi connectivity index (χ0n) is 12.4. The first kappa shape index (κ1) is 15.3. The van der Waals surface area contributed by atoms with Crippen LogP contribution in [-0.4, -0.2) is 49.7 Å². The van der Waals surface area contributed by atoms with Crippen molar-refractivity contribution in [2.24, 2.45) is 0 Å². The maximum absolute atomic E-state index is 12.2. The summed E-state index contributed by atoms with van der Waals surface area (Å²) in [6.45, 7) is 3.82. The molecule has 1 atom stereocenters. The SMILES string of the molecule is CCC1CN(C(=O)Nc2ccc(C(=O)NC)cc2)CCO1. The Morgan fingerprint density at radius 2 is 2.05 bits per heavy atom. The predicted octanol–water partition coefficient (Wildman–Crippen LogP) is 1.69. The van der Waals surface area contributed by atoms with Crippen LogP contribution in [0, 0.1) is 0 Å². The Morgan fingerprint density at radius 1 is 1.33 bits per heavy atom. The molecule has 3 amide bonds. The molecule has 1 fully saturated rings. The Morgan fingerprint density at radius 3 is 2.67 bits per heavy atom. The molecule has 0 bridgehead atoms.